The normalized spacial score (nSPS) is 13.0. The number of carbonyl (C=O) groups is 2. The average molecular weight is 564 g/mol. The van der Waals surface area contributed by atoms with Crippen LogP contribution in [0, 0.1) is 5.92 Å². The first-order valence-corrected chi connectivity index (χ1v) is 11.1. The zero-order valence-electron chi connectivity index (χ0n) is 16.9. The van der Waals surface area contributed by atoms with E-state index in [1.165, 1.54) is 11.6 Å². The third kappa shape index (κ3) is 5.67. The molecule has 32 heavy (non-hydrogen) atoms. The Labute approximate surface area is 201 Å². The predicted octanol–water partition coefficient (Wildman–Crippen LogP) is 6.06. The number of ether oxygens (including phenoxy) is 1. The molecule has 0 bridgehead atoms. The summed E-state index contributed by atoms with van der Waals surface area (Å²) in [7, 11) is 0. The molecule has 0 saturated carbocycles. The number of phenols is 1. The molecule has 0 fully saturated rings. The molecule has 3 aromatic carbocycles. The zero-order valence-corrected chi connectivity index (χ0v) is 20.1. The summed E-state index contributed by atoms with van der Waals surface area (Å²) < 4.78 is 6.78. The van der Waals surface area contributed by atoms with Crippen LogP contribution < -0.4 is 10.8 Å². The lowest BCUT2D eigenvalue weighted by Crippen LogP contribution is -2.22. The van der Waals surface area contributed by atoms with Crippen molar-refractivity contribution in [2.24, 2.45) is 5.92 Å². The van der Waals surface area contributed by atoms with Crippen LogP contribution in [0.4, 0.5) is 10.5 Å². The van der Waals surface area contributed by atoms with E-state index in [2.05, 4.69) is 37.2 Å². The Morgan fingerprint density at radius 2 is 1.81 bits per heavy atom. The van der Waals surface area contributed by atoms with Crippen LogP contribution in [0.5, 0.6) is 5.75 Å². The number of hydrogen-bond donors (Lipinski definition) is 4. The SMILES string of the molecule is C[C@H](/C=C/C(=O)NO)[C@H](OC(=O)Nc1cccc2ccccc12)c1cc(Br)cc(Br)c1O. The highest BCUT2D eigenvalue weighted by atomic mass is 79.9. The molecule has 0 aliphatic carbocycles. The number of carbonyl (C=O) groups excluding carboxylic acids is 2. The van der Waals surface area contributed by atoms with Gasteiger partial charge in [0.15, 0.2) is 0 Å². The summed E-state index contributed by atoms with van der Waals surface area (Å²) in [4.78, 5) is 24.2. The van der Waals surface area contributed by atoms with Crippen LogP contribution in [-0.4, -0.2) is 22.3 Å². The highest BCUT2D eigenvalue weighted by molar-refractivity contribution is 9.11. The second-order valence-corrected chi connectivity index (χ2v) is 8.77. The molecule has 0 heterocycles. The maximum atomic E-state index is 12.8. The number of phenolic OH excluding ortho intramolecular Hbond substituents is 1. The van der Waals surface area contributed by atoms with Crippen LogP contribution in [-0.2, 0) is 9.53 Å². The minimum atomic E-state index is -0.943. The molecule has 0 aromatic heterocycles. The molecule has 0 spiro atoms. The van der Waals surface area contributed by atoms with Gasteiger partial charge >= 0.3 is 6.09 Å². The van der Waals surface area contributed by atoms with E-state index >= 15 is 0 Å². The maximum Gasteiger partial charge on any atom is 0.412 e. The van der Waals surface area contributed by atoms with E-state index in [1.807, 2.05) is 36.4 Å². The van der Waals surface area contributed by atoms with E-state index in [1.54, 1.807) is 25.1 Å². The lowest BCUT2D eigenvalue weighted by Gasteiger charge is -2.24. The van der Waals surface area contributed by atoms with Crippen molar-refractivity contribution in [3.63, 3.8) is 0 Å². The molecule has 0 radical (unpaired) electrons. The van der Waals surface area contributed by atoms with Gasteiger partial charge in [-0.25, -0.2) is 10.3 Å². The molecule has 2 amide bonds. The molecule has 7 nitrogen and oxygen atoms in total. The quantitative estimate of drug-likeness (QED) is 0.166. The van der Waals surface area contributed by atoms with Gasteiger partial charge in [0.05, 0.1) is 10.2 Å². The van der Waals surface area contributed by atoms with Crippen LogP contribution in [0.3, 0.4) is 0 Å². The number of rotatable bonds is 6. The van der Waals surface area contributed by atoms with Gasteiger partial charge in [-0.1, -0.05) is 65.3 Å². The van der Waals surface area contributed by atoms with E-state index in [0.717, 1.165) is 16.8 Å². The summed E-state index contributed by atoms with van der Waals surface area (Å²) in [6.07, 6.45) is 0.916. The van der Waals surface area contributed by atoms with Crippen LogP contribution in [0.1, 0.15) is 18.6 Å². The minimum absolute atomic E-state index is 0.0944. The third-order valence-corrected chi connectivity index (χ3v) is 5.83. The second kappa shape index (κ2) is 10.6. The summed E-state index contributed by atoms with van der Waals surface area (Å²) in [5.41, 5.74) is 2.42. The van der Waals surface area contributed by atoms with Gasteiger partial charge < -0.3 is 9.84 Å². The van der Waals surface area contributed by atoms with Crippen LogP contribution in [0.2, 0.25) is 0 Å². The summed E-state index contributed by atoms with van der Waals surface area (Å²) in [6, 6.07) is 16.4. The Bertz CT molecular complexity index is 1180. The number of benzene rings is 3. The van der Waals surface area contributed by atoms with Crippen molar-refractivity contribution in [3.05, 3.63) is 81.3 Å². The van der Waals surface area contributed by atoms with Gasteiger partial charge in [-0.2, -0.15) is 0 Å². The topological polar surface area (TPSA) is 108 Å². The number of aromatic hydroxyl groups is 1. The van der Waals surface area contributed by atoms with E-state index in [4.69, 9.17) is 9.94 Å². The fraction of sp³-hybridized carbons (Fsp3) is 0.130. The third-order valence-electron chi connectivity index (χ3n) is 4.76. The van der Waals surface area contributed by atoms with Crippen LogP contribution >= 0.6 is 31.9 Å². The number of anilines is 1. The summed E-state index contributed by atoms with van der Waals surface area (Å²) >= 11 is 6.66. The van der Waals surface area contributed by atoms with Crippen molar-refractivity contribution < 1.29 is 24.6 Å². The van der Waals surface area contributed by atoms with E-state index in [9.17, 15) is 14.7 Å². The number of hydroxylamine groups is 1. The highest BCUT2D eigenvalue weighted by Gasteiger charge is 2.27. The van der Waals surface area contributed by atoms with Gasteiger partial charge in [0.25, 0.3) is 5.91 Å². The van der Waals surface area contributed by atoms with Gasteiger partial charge in [0.1, 0.15) is 11.9 Å². The predicted molar refractivity (Wildman–Crippen MR) is 129 cm³/mol. The molecule has 3 rings (SSSR count). The van der Waals surface area contributed by atoms with Crippen molar-refractivity contribution in [3.8, 4) is 5.75 Å². The molecular formula is C23H20Br2N2O5. The molecule has 0 unspecified atom stereocenters. The van der Waals surface area contributed by atoms with E-state index in [-0.39, 0.29) is 5.75 Å². The summed E-state index contributed by atoms with van der Waals surface area (Å²) in [5, 5.41) is 23.9. The largest absolute Gasteiger partial charge is 0.506 e. The molecular weight excluding hydrogens is 544 g/mol. The molecule has 0 aliphatic rings. The van der Waals surface area contributed by atoms with Gasteiger partial charge in [-0.15, -0.1) is 0 Å². The van der Waals surface area contributed by atoms with Crippen molar-refractivity contribution in [1.29, 1.82) is 0 Å². The van der Waals surface area contributed by atoms with E-state index in [0.29, 0.717) is 20.2 Å². The Morgan fingerprint density at radius 3 is 2.56 bits per heavy atom. The first kappa shape index (κ1) is 23.8. The Balaban J connectivity index is 1.92. The van der Waals surface area contributed by atoms with Gasteiger partial charge in [-0.3, -0.25) is 15.3 Å². The monoisotopic (exact) mass is 562 g/mol. The van der Waals surface area contributed by atoms with Crippen molar-refractivity contribution in [2.75, 3.05) is 5.32 Å². The molecule has 3 aromatic rings. The highest BCUT2D eigenvalue weighted by Crippen LogP contribution is 2.40. The number of nitrogens with one attached hydrogen (secondary N) is 2. The van der Waals surface area contributed by atoms with Crippen molar-refractivity contribution >= 4 is 60.3 Å². The van der Waals surface area contributed by atoms with Gasteiger partial charge in [0.2, 0.25) is 0 Å². The lowest BCUT2D eigenvalue weighted by atomic mass is 9.96. The standard InChI is InChI=1S/C23H20Br2N2O5/c1-13(9-10-20(28)27-31)22(17-11-15(24)12-18(25)21(17)29)32-23(30)26-19-8-4-6-14-5-2-3-7-16(14)19/h2-13,22,29,31H,1H3,(H,26,30)(H,27,28)/b10-9+/t13-,22+/m1/s1. The van der Waals surface area contributed by atoms with E-state index < -0.39 is 24.0 Å². The minimum Gasteiger partial charge on any atom is -0.506 e. The maximum absolute atomic E-state index is 12.8. The van der Waals surface area contributed by atoms with Crippen LogP contribution in [0.25, 0.3) is 10.8 Å². The zero-order chi connectivity index (χ0) is 23.3. The lowest BCUT2D eigenvalue weighted by molar-refractivity contribution is -0.124. The fourth-order valence-electron chi connectivity index (χ4n) is 3.22. The second-order valence-electron chi connectivity index (χ2n) is 7.00. The fourth-order valence-corrected chi connectivity index (χ4v) is 4.48. The first-order valence-electron chi connectivity index (χ1n) is 9.55. The van der Waals surface area contributed by atoms with Crippen LogP contribution in [0.15, 0.2) is 75.7 Å². The van der Waals surface area contributed by atoms with Gasteiger partial charge in [0, 0.05) is 27.4 Å². The first-order chi connectivity index (χ1) is 15.3. The number of hydrogen-bond acceptors (Lipinski definition) is 5. The number of fused-ring (bicyclic) bond motifs is 1. The molecule has 2 atom stereocenters. The average Bonchev–Trinajstić information content (AvgIpc) is 2.78. The molecule has 166 valence electrons. The Kier molecular flexibility index (Phi) is 7.89. The molecule has 0 saturated heterocycles. The van der Waals surface area contributed by atoms with Crippen molar-refractivity contribution in [1.82, 2.24) is 5.48 Å². The molecule has 0 aliphatic heterocycles. The van der Waals surface area contributed by atoms with Gasteiger partial charge in [-0.05, 0) is 39.5 Å². The summed E-state index contributed by atoms with van der Waals surface area (Å²) in [6.45, 7) is 1.71. The number of halogens is 2. The van der Waals surface area contributed by atoms with Crippen molar-refractivity contribution in [2.45, 2.75) is 13.0 Å². The smallest absolute Gasteiger partial charge is 0.412 e. The Hall–Kier alpha value is -2.88. The Morgan fingerprint density at radius 1 is 1.09 bits per heavy atom. The molecule has 4 N–H and O–H groups in total. The summed E-state index contributed by atoms with van der Waals surface area (Å²) in [5.74, 6) is -1.35. The number of amides is 2. The molecule has 9 heteroatoms.